The van der Waals surface area contributed by atoms with Gasteiger partial charge < -0.3 is 18.3 Å². The van der Waals surface area contributed by atoms with Crippen molar-refractivity contribution in [3.63, 3.8) is 0 Å². The normalized spacial score (nSPS) is 41.1. The number of methoxy groups -OCH3 is 2. The number of carbonyl (C=O) groups is 4. The van der Waals surface area contributed by atoms with Crippen molar-refractivity contribution >= 4 is 40.1 Å². The van der Waals surface area contributed by atoms with Crippen molar-refractivity contribution in [2.75, 3.05) is 27.4 Å². The summed E-state index contributed by atoms with van der Waals surface area (Å²) in [5.74, 6) is 0.201. The molecule has 52 heavy (non-hydrogen) atoms. The van der Waals surface area contributed by atoms with Crippen LogP contribution in [0.3, 0.4) is 0 Å². The summed E-state index contributed by atoms with van der Waals surface area (Å²) in [6.07, 6.45) is 6.91. The van der Waals surface area contributed by atoms with E-state index in [9.17, 15) is 19.2 Å². The molecule has 6 fully saturated rings. The van der Waals surface area contributed by atoms with Crippen LogP contribution in [0.2, 0.25) is 36.3 Å². The molecule has 0 N–H and O–H groups in total. The maximum atomic E-state index is 13.0. The van der Waals surface area contributed by atoms with Crippen LogP contribution in [-0.4, -0.2) is 67.6 Å². The highest BCUT2D eigenvalue weighted by Gasteiger charge is 2.92. The van der Waals surface area contributed by atoms with E-state index in [1.807, 2.05) is 26.0 Å². The summed E-state index contributed by atoms with van der Waals surface area (Å²) in [5.41, 5.74) is -1.07. The fourth-order valence-corrected chi connectivity index (χ4v) is 14.1. The number of ether oxygens (including phenoxy) is 2. The van der Waals surface area contributed by atoms with Crippen molar-refractivity contribution in [1.82, 2.24) is 0 Å². The standard InChI is InChI=1S/2C21H34O4Si/c2*1-9-10-20-14-11-15(18(23)24-6)21(20,17(20)16(22)13(14)2)12-25-26(7,8)19(3,4)5/h2*9,13-15,17H,1,10-12H2,2-8H3/t2*13-,14-,15-,17+,20-,21+/m11/s1. The van der Waals surface area contributed by atoms with Gasteiger partial charge in [0.05, 0.1) is 26.1 Å². The zero-order chi connectivity index (χ0) is 39.4. The molecule has 0 aromatic rings. The second-order valence-corrected chi connectivity index (χ2v) is 29.9. The van der Waals surface area contributed by atoms with E-state index < -0.39 is 27.5 Å². The van der Waals surface area contributed by atoms with Crippen LogP contribution in [-0.2, 0) is 37.5 Å². The number of ketones is 2. The summed E-state index contributed by atoms with van der Waals surface area (Å²) in [7, 11) is -1.05. The number of allylic oxidation sites excluding steroid dienone is 2. The Bertz CT molecular complexity index is 1410. The number of Topliss-reactive ketones (excluding diaryl/α,β-unsaturated/α-hetero) is 2. The fourth-order valence-electron chi connectivity index (χ4n) is 12.0. The van der Waals surface area contributed by atoms with E-state index in [1.54, 1.807) is 0 Å². The third kappa shape index (κ3) is 5.14. The van der Waals surface area contributed by atoms with Gasteiger partial charge in [0.1, 0.15) is 11.6 Å². The number of hydrogen-bond acceptors (Lipinski definition) is 8. The maximum absolute atomic E-state index is 13.0. The van der Waals surface area contributed by atoms with Gasteiger partial charge in [-0.25, -0.2) is 0 Å². The molecule has 12 atom stereocenters. The first-order chi connectivity index (χ1) is 23.8. The minimum absolute atomic E-state index is 0.0237. The number of fused-ring (bicyclic) bond motifs is 2. The first-order valence-electron chi connectivity index (χ1n) is 19.6. The van der Waals surface area contributed by atoms with Gasteiger partial charge in [-0.1, -0.05) is 67.5 Å². The van der Waals surface area contributed by atoms with Crippen LogP contribution in [0.5, 0.6) is 0 Å². The van der Waals surface area contributed by atoms with Crippen LogP contribution in [0.15, 0.2) is 25.3 Å². The summed E-state index contributed by atoms with van der Waals surface area (Å²) in [4.78, 5) is 51.4. The lowest BCUT2D eigenvalue weighted by Crippen LogP contribution is -2.44. The van der Waals surface area contributed by atoms with Gasteiger partial charge in [-0.2, -0.15) is 0 Å². The predicted molar refractivity (Wildman–Crippen MR) is 208 cm³/mol. The van der Waals surface area contributed by atoms with E-state index in [4.69, 9.17) is 18.3 Å². The Labute approximate surface area is 315 Å². The highest BCUT2D eigenvalue weighted by Crippen LogP contribution is 2.89. The van der Waals surface area contributed by atoms with Crippen LogP contribution in [0.1, 0.15) is 81.1 Å². The first-order valence-corrected chi connectivity index (χ1v) is 25.4. The number of carbonyl (C=O) groups excluding carboxylic acids is 4. The molecular formula is C42H68O8Si2. The van der Waals surface area contributed by atoms with Crippen LogP contribution >= 0.6 is 0 Å². The fraction of sp³-hybridized carbons (Fsp3) is 0.810. The quantitative estimate of drug-likeness (QED) is 0.111. The van der Waals surface area contributed by atoms with Crippen molar-refractivity contribution in [3.05, 3.63) is 25.3 Å². The van der Waals surface area contributed by atoms with Crippen LogP contribution < -0.4 is 0 Å². The van der Waals surface area contributed by atoms with Crippen molar-refractivity contribution < 1.29 is 37.5 Å². The van der Waals surface area contributed by atoms with E-state index in [1.165, 1.54) is 14.2 Å². The third-order valence-corrected chi connectivity index (χ3v) is 25.7. The van der Waals surface area contributed by atoms with Gasteiger partial charge in [-0.05, 0) is 84.6 Å². The second-order valence-electron chi connectivity index (χ2n) is 20.3. The molecular weight excluding hydrogens is 689 g/mol. The molecule has 0 saturated heterocycles. The lowest BCUT2D eigenvalue weighted by atomic mass is 9.80. The molecule has 0 amide bonds. The molecule has 0 heterocycles. The number of rotatable bonds is 12. The molecule has 6 rings (SSSR count). The van der Waals surface area contributed by atoms with Gasteiger partial charge in [0.15, 0.2) is 16.6 Å². The van der Waals surface area contributed by atoms with Crippen molar-refractivity contribution in [1.29, 1.82) is 0 Å². The van der Waals surface area contributed by atoms with Crippen molar-refractivity contribution in [2.24, 2.45) is 69.0 Å². The Hall–Kier alpha value is -1.89. The van der Waals surface area contributed by atoms with E-state index in [0.29, 0.717) is 24.8 Å². The van der Waals surface area contributed by atoms with Crippen LogP contribution in [0.25, 0.3) is 0 Å². The van der Waals surface area contributed by atoms with Crippen molar-refractivity contribution in [3.8, 4) is 0 Å². The Balaban J connectivity index is 0.000000201. The molecule has 10 heteroatoms. The molecule has 0 aromatic carbocycles. The molecule has 0 unspecified atom stereocenters. The van der Waals surface area contributed by atoms with Gasteiger partial charge in [-0.15, -0.1) is 13.2 Å². The Morgan fingerprint density at radius 3 is 1.23 bits per heavy atom. The van der Waals surface area contributed by atoms with Crippen LogP contribution in [0, 0.1) is 69.0 Å². The van der Waals surface area contributed by atoms with Crippen molar-refractivity contribution in [2.45, 2.75) is 117 Å². The maximum Gasteiger partial charge on any atom is 0.309 e. The highest BCUT2D eigenvalue weighted by molar-refractivity contribution is 6.74. The molecule has 6 aliphatic rings. The summed E-state index contributed by atoms with van der Waals surface area (Å²) >= 11 is 0. The predicted octanol–water partition coefficient (Wildman–Crippen LogP) is 8.43. The zero-order valence-electron chi connectivity index (χ0n) is 34.7. The summed E-state index contributed by atoms with van der Waals surface area (Å²) in [6, 6.07) is 0. The number of hydrogen-bond donors (Lipinski definition) is 0. The topological polar surface area (TPSA) is 105 Å². The largest absolute Gasteiger partial charge is 0.469 e. The SMILES string of the molecule is C=CC[C@]12[C@@H]3C(=O)[C@H](C)[C@H]1C[C@H](C(=O)OC)[C@@]32CO[Si](C)(C)C(C)(C)C.C=CC[C@]12[C@@H]3C(=O)[C@H](C)[C@H]1C[C@H](C(=O)OC)[C@@]32CO[Si](C)(C)C(C)(C)C. The first kappa shape index (κ1) is 41.3. The Morgan fingerprint density at radius 2 is 0.981 bits per heavy atom. The summed E-state index contributed by atoms with van der Waals surface area (Å²) < 4.78 is 23.5. The van der Waals surface area contributed by atoms with E-state index in [0.717, 1.165) is 25.7 Å². The van der Waals surface area contributed by atoms with Gasteiger partial charge in [0.25, 0.3) is 0 Å². The molecule has 0 bridgehead atoms. The molecule has 0 aromatic heterocycles. The molecule has 8 nitrogen and oxygen atoms in total. The average molecular weight is 757 g/mol. The minimum atomic E-state index is -1.98. The van der Waals surface area contributed by atoms with Gasteiger partial charge in [0, 0.05) is 47.7 Å². The molecule has 0 spiro atoms. The average Bonchev–Trinajstić information content (AvgIpc) is 3.67. The molecule has 0 radical (unpaired) electrons. The van der Waals surface area contributed by atoms with E-state index in [-0.39, 0.29) is 80.2 Å². The second kappa shape index (κ2) is 12.8. The number of esters is 2. The Morgan fingerprint density at radius 1 is 0.673 bits per heavy atom. The lowest BCUT2D eigenvalue weighted by molar-refractivity contribution is -0.149. The summed E-state index contributed by atoms with van der Waals surface area (Å²) in [6.45, 7) is 35.2. The molecule has 6 saturated carbocycles. The molecule has 6 aliphatic carbocycles. The Kier molecular flexibility index (Phi) is 10.2. The molecule has 0 aliphatic heterocycles. The van der Waals surface area contributed by atoms with E-state index >= 15 is 0 Å². The zero-order valence-corrected chi connectivity index (χ0v) is 36.7. The molecule has 292 valence electrons. The lowest BCUT2D eigenvalue weighted by Gasteiger charge is -2.38. The monoisotopic (exact) mass is 756 g/mol. The van der Waals surface area contributed by atoms with Gasteiger partial charge >= 0.3 is 11.9 Å². The van der Waals surface area contributed by atoms with Gasteiger partial charge in [-0.3, -0.25) is 19.2 Å². The minimum Gasteiger partial charge on any atom is -0.469 e. The highest BCUT2D eigenvalue weighted by atomic mass is 28.4. The van der Waals surface area contributed by atoms with E-state index in [2.05, 4.69) is 80.9 Å². The smallest absolute Gasteiger partial charge is 0.309 e. The third-order valence-electron chi connectivity index (χ3n) is 16.7. The van der Waals surface area contributed by atoms with Gasteiger partial charge in [0.2, 0.25) is 0 Å². The van der Waals surface area contributed by atoms with Crippen LogP contribution in [0.4, 0.5) is 0 Å². The summed E-state index contributed by atoms with van der Waals surface area (Å²) in [5, 5.41) is 0.185.